The summed E-state index contributed by atoms with van der Waals surface area (Å²) in [7, 11) is 0. The monoisotopic (exact) mass is 343 g/mol. The number of nitrogens with zero attached hydrogens (tertiary/aromatic N) is 1. The Morgan fingerprint density at radius 3 is 2.17 bits per heavy atom. The van der Waals surface area contributed by atoms with Crippen molar-refractivity contribution in [1.82, 2.24) is 4.90 Å². The molecule has 4 aliphatic heterocycles. The van der Waals surface area contributed by atoms with Crippen molar-refractivity contribution in [2.75, 3.05) is 26.3 Å². The summed E-state index contributed by atoms with van der Waals surface area (Å²) in [4.78, 5) is 14.7. The van der Waals surface area contributed by atoms with E-state index in [9.17, 15) is 4.79 Å². The van der Waals surface area contributed by atoms with E-state index in [1.54, 1.807) is 4.90 Å². The fraction of sp³-hybridized carbons (Fsp3) is 0.938. The third kappa shape index (κ3) is 2.85. The molecule has 136 valence electrons. The minimum atomic E-state index is -0.798. The number of rotatable bonds is 1. The zero-order valence-electron chi connectivity index (χ0n) is 14.5. The van der Waals surface area contributed by atoms with Crippen molar-refractivity contribution < 1.29 is 33.2 Å². The third-order valence-electron chi connectivity index (χ3n) is 4.72. The highest BCUT2D eigenvalue weighted by molar-refractivity contribution is 5.82. The number of carbonyl (C=O) groups is 1. The van der Waals surface area contributed by atoms with Crippen LogP contribution in [0.4, 0.5) is 0 Å². The zero-order valence-corrected chi connectivity index (χ0v) is 14.5. The Balaban J connectivity index is 1.59. The predicted octanol–water partition coefficient (Wildman–Crippen LogP) is 0.242. The summed E-state index contributed by atoms with van der Waals surface area (Å²) in [5.74, 6) is -1.69. The molecule has 4 fully saturated rings. The van der Waals surface area contributed by atoms with Gasteiger partial charge in [0, 0.05) is 13.1 Å². The van der Waals surface area contributed by atoms with Crippen molar-refractivity contribution in [2.24, 2.45) is 0 Å². The Kier molecular flexibility index (Phi) is 3.91. The summed E-state index contributed by atoms with van der Waals surface area (Å²) < 4.78 is 35.1. The van der Waals surface area contributed by atoms with Crippen molar-refractivity contribution in [3.63, 3.8) is 0 Å². The topological polar surface area (TPSA) is 75.7 Å². The number of amides is 1. The van der Waals surface area contributed by atoms with Gasteiger partial charge in [-0.05, 0) is 27.7 Å². The van der Waals surface area contributed by atoms with Crippen LogP contribution in [0.1, 0.15) is 27.7 Å². The van der Waals surface area contributed by atoms with Gasteiger partial charge in [-0.3, -0.25) is 4.79 Å². The Labute approximate surface area is 141 Å². The summed E-state index contributed by atoms with van der Waals surface area (Å²) in [5, 5.41) is 0. The van der Waals surface area contributed by atoms with Crippen LogP contribution in [0.5, 0.6) is 0 Å². The second-order valence-corrected chi connectivity index (χ2v) is 7.53. The molecule has 0 radical (unpaired) electrons. The van der Waals surface area contributed by atoms with Crippen molar-refractivity contribution >= 4 is 5.91 Å². The molecule has 4 aliphatic rings. The van der Waals surface area contributed by atoms with Gasteiger partial charge in [0.1, 0.15) is 18.3 Å². The predicted molar refractivity (Wildman–Crippen MR) is 79.9 cm³/mol. The van der Waals surface area contributed by atoms with Crippen molar-refractivity contribution in [3.05, 3.63) is 0 Å². The van der Waals surface area contributed by atoms with Crippen molar-refractivity contribution in [2.45, 2.75) is 70.0 Å². The molecule has 4 heterocycles. The van der Waals surface area contributed by atoms with Crippen LogP contribution in [0.3, 0.4) is 0 Å². The molecule has 0 N–H and O–H groups in total. The Hall–Kier alpha value is -0.770. The first-order valence-electron chi connectivity index (χ1n) is 8.49. The van der Waals surface area contributed by atoms with E-state index in [0.717, 1.165) is 0 Å². The first-order valence-corrected chi connectivity index (χ1v) is 8.49. The minimum absolute atomic E-state index is 0.110. The SMILES string of the molecule is CC1(C)OC2OC(C(=O)N3CCOCC3)C3OC(C)(C)OC3C2O1. The smallest absolute Gasteiger partial charge is 0.254 e. The summed E-state index contributed by atoms with van der Waals surface area (Å²) in [6, 6.07) is 0. The van der Waals surface area contributed by atoms with Crippen molar-refractivity contribution in [1.29, 1.82) is 0 Å². The van der Waals surface area contributed by atoms with E-state index >= 15 is 0 Å². The molecule has 1 amide bonds. The average molecular weight is 343 g/mol. The maximum Gasteiger partial charge on any atom is 0.254 e. The maximum atomic E-state index is 13.0. The van der Waals surface area contributed by atoms with E-state index in [-0.39, 0.29) is 5.91 Å². The normalized spacial score (nSPS) is 43.3. The first kappa shape index (κ1) is 16.7. The molecule has 5 unspecified atom stereocenters. The summed E-state index contributed by atoms with van der Waals surface area (Å²) in [6.45, 7) is 9.48. The van der Waals surface area contributed by atoms with Crippen LogP contribution in [0.15, 0.2) is 0 Å². The standard InChI is InChI=1S/C16H25NO7/c1-15(2)21-9-10(22-15)12-14(24-16(3,4)23-12)20-11(9)13(18)17-5-7-19-8-6-17/h9-12,14H,5-8H2,1-4H3. The van der Waals surface area contributed by atoms with Gasteiger partial charge in [-0.2, -0.15) is 0 Å². The van der Waals surface area contributed by atoms with Crippen LogP contribution < -0.4 is 0 Å². The molecule has 8 nitrogen and oxygen atoms in total. The van der Waals surface area contributed by atoms with E-state index < -0.39 is 42.3 Å². The molecule has 0 bridgehead atoms. The van der Waals surface area contributed by atoms with Crippen LogP contribution >= 0.6 is 0 Å². The second-order valence-electron chi connectivity index (χ2n) is 7.53. The molecular weight excluding hydrogens is 318 g/mol. The van der Waals surface area contributed by atoms with Gasteiger partial charge >= 0.3 is 0 Å². The van der Waals surface area contributed by atoms with E-state index in [1.807, 2.05) is 27.7 Å². The van der Waals surface area contributed by atoms with Crippen LogP contribution in [0.2, 0.25) is 0 Å². The zero-order chi connectivity index (χ0) is 17.1. The first-order chi connectivity index (χ1) is 11.3. The van der Waals surface area contributed by atoms with Gasteiger partial charge in [0.25, 0.3) is 5.91 Å². The van der Waals surface area contributed by atoms with E-state index in [0.29, 0.717) is 26.3 Å². The number of carbonyl (C=O) groups excluding carboxylic acids is 1. The minimum Gasteiger partial charge on any atom is -0.378 e. The van der Waals surface area contributed by atoms with Gasteiger partial charge in [0.2, 0.25) is 0 Å². The number of morpholine rings is 1. The lowest BCUT2D eigenvalue weighted by atomic mass is 9.98. The lowest BCUT2D eigenvalue weighted by molar-refractivity contribution is -0.235. The van der Waals surface area contributed by atoms with Crippen LogP contribution in [-0.2, 0) is 33.2 Å². The summed E-state index contributed by atoms with van der Waals surface area (Å²) in [6.07, 6.45) is -2.76. The van der Waals surface area contributed by atoms with E-state index in [1.165, 1.54) is 0 Å². The van der Waals surface area contributed by atoms with Crippen LogP contribution in [-0.4, -0.2) is 79.4 Å². The van der Waals surface area contributed by atoms with E-state index in [2.05, 4.69) is 0 Å². The molecular formula is C16H25NO7. The third-order valence-corrected chi connectivity index (χ3v) is 4.72. The maximum absolute atomic E-state index is 13.0. The molecule has 4 rings (SSSR count). The van der Waals surface area contributed by atoms with Gasteiger partial charge in [0.15, 0.2) is 24.0 Å². The second kappa shape index (κ2) is 5.62. The van der Waals surface area contributed by atoms with Gasteiger partial charge in [0.05, 0.1) is 13.2 Å². The quantitative estimate of drug-likeness (QED) is 0.675. The Morgan fingerprint density at radius 1 is 0.875 bits per heavy atom. The number of ether oxygens (including phenoxy) is 6. The van der Waals surface area contributed by atoms with Gasteiger partial charge < -0.3 is 33.3 Å². The van der Waals surface area contributed by atoms with Crippen LogP contribution in [0, 0.1) is 0 Å². The lowest BCUT2D eigenvalue weighted by Gasteiger charge is -2.39. The molecule has 0 aromatic heterocycles. The number of hydrogen-bond donors (Lipinski definition) is 0. The van der Waals surface area contributed by atoms with E-state index in [4.69, 9.17) is 28.4 Å². The summed E-state index contributed by atoms with van der Waals surface area (Å²) in [5.41, 5.74) is 0. The highest BCUT2D eigenvalue weighted by Crippen LogP contribution is 2.44. The lowest BCUT2D eigenvalue weighted by Crippen LogP contribution is -2.60. The molecule has 5 atom stereocenters. The number of hydrogen-bond acceptors (Lipinski definition) is 7. The molecule has 0 aromatic rings. The molecule has 0 aromatic carbocycles. The number of fused-ring (bicyclic) bond motifs is 3. The molecule has 0 saturated carbocycles. The molecule has 24 heavy (non-hydrogen) atoms. The average Bonchev–Trinajstić information content (AvgIpc) is 3.00. The molecule has 0 spiro atoms. The molecule has 8 heteroatoms. The summed E-state index contributed by atoms with van der Waals surface area (Å²) >= 11 is 0. The van der Waals surface area contributed by atoms with Gasteiger partial charge in [-0.25, -0.2) is 0 Å². The fourth-order valence-electron chi connectivity index (χ4n) is 3.77. The molecule has 0 aliphatic carbocycles. The Bertz CT molecular complexity index is 517. The highest BCUT2D eigenvalue weighted by atomic mass is 16.9. The van der Waals surface area contributed by atoms with Crippen molar-refractivity contribution in [3.8, 4) is 0 Å². The van der Waals surface area contributed by atoms with Crippen LogP contribution in [0.25, 0.3) is 0 Å². The van der Waals surface area contributed by atoms with Gasteiger partial charge in [-0.15, -0.1) is 0 Å². The molecule has 4 saturated heterocycles. The Morgan fingerprint density at radius 2 is 1.46 bits per heavy atom. The van der Waals surface area contributed by atoms with Gasteiger partial charge in [-0.1, -0.05) is 0 Å². The largest absolute Gasteiger partial charge is 0.378 e. The fourth-order valence-corrected chi connectivity index (χ4v) is 3.77. The highest BCUT2D eigenvalue weighted by Gasteiger charge is 2.62.